The lowest BCUT2D eigenvalue weighted by molar-refractivity contribution is 1.28. The van der Waals surface area contributed by atoms with E-state index in [0.29, 0.717) is 0 Å². The minimum Gasteiger partial charge on any atom is -0.310 e. The number of benzene rings is 11. The molecular weight excluding hydrogens is 759 g/mol. The summed E-state index contributed by atoms with van der Waals surface area (Å²) < 4.78 is 0. The predicted octanol–water partition coefficient (Wildman–Crippen LogP) is 17.5. The molecule has 11 rings (SSSR count). The lowest BCUT2D eigenvalue weighted by atomic mass is 9.87. The van der Waals surface area contributed by atoms with Crippen molar-refractivity contribution in [2.24, 2.45) is 0 Å². The highest BCUT2D eigenvalue weighted by Gasteiger charge is 2.18. The Kier molecular flexibility index (Phi) is 9.97. The van der Waals surface area contributed by atoms with Crippen LogP contribution < -0.4 is 4.90 Å². The zero-order valence-electron chi connectivity index (χ0n) is 34.8. The van der Waals surface area contributed by atoms with Gasteiger partial charge in [-0.15, -0.1) is 0 Å². The fourth-order valence-corrected chi connectivity index (χ4v) is 9.30. The van der Waals surface area contributed by atoms with Crippen molar-refractivity contribution in [2.75, 3.05) is 4.90 Å². The number of anilines is 3. The fourth-order valence-electron chi connectivity index (χ4n) is 9.30. The van der Waals surface area contributed by atoms with Crippen LogP contribution in [0.4, 0.5) is 17.1 Å². The summed E-state index contributed by atoms with van der Waals surface area (Å²) in [5, 5.41) is 4.98. The van der Waals surface area contributed by atoms with Crippen LogP contribution in [0.3, 0.4) is 0 Å². The molecule has 0 radical (unpaired) electrons. The van der Waals surface area contributed by atoms with Gasteiger partial charge in [0.05, 0.1) is 0 Å². The van der Waals surface area contributed by atoms with E-state index in [-0.39, 0.29) is 0 Å². The molecule has 0 saturated carbocycles. The molecule has 0 fully saturated rings. The van der Waals surface area contributed by atoms with Crippen molar-refractivity contribution in [3.63, 3.8) is 0 Å². The lowest BCUT2D eigenvalue weighted by Gasteiger charge is -2.27. The first-order chi connectivity index (χ1) is 31.3. The summed E-state index contributed by atoms with van der Waals surface area (Å²) in [4.78, 5) is 2.38. The first-order valence-corrected chi connectivity index (χ1v) is 21.7. The number of hydrogen-bond donors (Lipinski definition) is 0. The van der Waals surface area contributed by atoms with Crippen molar-refractivity contribution in [3.8, 4) is 66.8 Å². The molecule has 0 aliphatic carbocycles. The molecule has 11 aromatic rings. The molecule has 0 spiro atoms. The number of nitrogens with zero attached hydrogens (tertiary/aromatic N) is 1. The summed E-state index contributed by atoms with van der Waals surface area (Å²) in [7, 11) is 0. The molecule has 0 amide bonds. The Balaban J connectivity index is 1.01. The van der Waals surface area contributed by atoms with Gasteiger partial charge in [-0.1, -0.05) is 224 Å². The van der Waals surface area contributed by atoms with Crippen LogP contribution >= 0.6 is 0 Å². The standard InChI is InChI=1S/C62H43N/c1-2-17-44(18-3-1)56-27-8-10-29-59(56)61-31-12-13-32-62(61)60-30-11-9-28-57(60)48-37-41-51(42-38-48)63(50-39-35-47(36-40-50)55-33-15-21-45-19-4-6-25-53(45)55)52-24-14-23-49(43-52)58-34-16-22-46-20-5-7-26-54(46)58/h1-43H. The van der Waals surface area contributed by atoms with Crippen LogP contribution in [0.25, 0.3) is 88.3 Å². The molecular formula is C62H43N. The van der Waals surface area contributed by atoms with Crippen LogP contribution in [0, 0.1) is 0 Å². The minimum absolute atomic E-state index is 1.08. The first kappa shape index (κ1) is 37.7. The predicted molar refractivity (Wildman–Crippen MR) is 269 cm³/mol. The van der Waals surface area contributed by atoms with Crippen molar-refractivity contribution < 1.29 is 0 Å². The molecule has 1 nitrogen and oxygen atoms in total. The van der Waals surface area contributed by atoms with Crippen LogP contribution in [0.1, 0.15) is 0 Å². The topological polar surface area (TPSA) is 3.24 Å². The van der Waals surface area contributed by atoms with E-state index in [4.69, 9.17) is 0 Å². The molecule has 0 bridgehead atoms. The normalized spacial score (nSPS) is 11.2. The lowest BCUT2D eigenvalue weighted by Crippen LogP contribution is -2.10. The zero-order chi connectivity index (χ0) is 42.0. The maximum absolute atomic E-state index is 2.38. The highest BCUT2D eigenvalue weighted by molar-refractivity contribution is 6.00. The largest absolute Gasteiger partial charge is 0.310 e. The smallest absolute Gasteiger partial charge is 0.0467 e. The van der Waals surface area contributed by atoms with Crippen molar-refractivity contribution in [1.82, 2.24) is 0 Å². The molecule has 11 aromatic carbocycles. The van der Waals surface area contributed by atoms with E-state index in [1.807, 2.05) is 0 Å². The van der Waals surface area contributed by atoms with Crippen LogP contribution in [-0.4, -0.2) is 0 Å². The van der Waals surface area contributed by atoms with Gasteiger partial charge in [-0.25, -0.2) is 0 Å². The molecule has 0 heterocycles. The maximum Gasteiger partial charge on any atom is 0.0467 e. The van der Waals surface area contributed by atoms with Gasteiger partial charge in [-0.05, 0) is 125 Å². The molecule has 0 aromatic heterocycles. The van der Waals surface area contributed by atoms with E-state index < -0.39 is 0 Å². The third-order valence-electron chi connectivity index (χ3n) is 12.3. The number of hydrogen-bond acceptors (Lipinski definition) is 1. The summed E-state index contributed by atoms with van der Waals surface area (Å²) in [5.74, 6) is 0. The van der Waals surface area contributed by atoms with Crippen molar-refractivity contribution in [3.05, 3.63) is 261 Å². The first-order valence-electron chi connectivity index (χ1n) is 21.7. The van der Waals surface area contributed by atoms with Crippen LogP contribution in [0.2, 0.25) is 0 Å². The van der Waals surface area contributed by atoms with Gasteiger partial charge in [-0.2, -0.15) is 0 Å². The van der Waals surface area contributed by atoms with Gasteiger partial charge >= 0.3 is 0 Å². The summed E-state index contributed by atoms with van der Waals surface area (Å²) in [6.45, 7) is 0. The van der Waals surface area contributed by atoms with Crippen molar-refractivity contribution in [1.29, 1.82) is 0 Å². The summed E-state index contributed by atoms with van der Waals surface area (Å²) in [6.07, 6.45) is 0. The van der Waals surface area contributed by atoms with Crippen molar-refractivity contribution in [2.45, 2.75) is 0 Å². The van der Waals surface area contributed by atoms with E-state index in [2.05, 4.69) is 266 Å². The van der Waals surface area contributed by atoms with E-state index in [1.54, 1.807) is 0 Å². The Bertz CT molecular complexity index is 3370. The van der Waals surface area contributed by atoms with E-state index in [0.717, 1.165) is 22.6 Å². The quantitative estimate of drug-likeness (QED) is 0.141. The second kappa shape index (κ2) is 16.7. The molecule has 0 unspecified atom stereocenters. The minimum atomic E-state index is 1.08. The van der Waals surface area contributed by atoms with Gasteiger partial charge in [0.2, 0.25) is 0 Å². The Labute approximate surface area is 369 Å². The Morgan fingerprint density at radius 3 is 1.05 bits per heavy atom. The Hall–Kier alpha value is -8.26. The number of fused-ring (bicyclic) bond motifs is 2. The second-order valence-electron chi connectivity index (χ2n) is 16.0. The molecule has 0 atom stereocenters. The molecule has 0 N–H and O–H groups in total. The third kappa shape index (κ3) is 7.26. The van der Waals surface area contributed by atoms with Gasteiger partial charge in [0, 0.05) is 17.1 Å². The number of rotatable bonds is 9. The zero-order valence-corrected chi connectivity index (χ0v) is 34.8. The van der Waals surface area contributed by atoms with Gasteiger partial charge in [0.1, 0.15) is 0 Å². The third-order valence-corrected chi connectivity index (χ3v) is 12.3. The average Bonchev–Trinajstić information content (AvgIpc) is 3.37. The second-order valence-corrected chi connectivity index (χ2v) is 16.0. The van der Waals surface area contributed by atoms with E-state index >= 15 is 0 Å². The average molecular weight is 802 g/mol. The van der Waals surface area contributed by atoms with Crippen LogP contribution in [-0.2, 0) is 0 Å². The summed E-state index contributed by atoms with van der Waals surface area (Å²) >= 11 is 0. The Morgan fingerprint density at radius 2 is 0.524 bits per heavy atom. The van der Waals surface area contributed by atoms with Crippen LogP contribution in [0.15, 0.2) is 261 Å². The molecule has 1 heteroatoms. The molecule has 0 aliphatic heterocycles. The van der Waals surface area contributed by atoms with Gasteiger partial charge < -0.3 is 4.90 Å². The molecule has 296 valence electrons. The summed E-state index contributed by atoms with van der Waals surface area (Å²) in [5.41, 5.74) is 17.7. The molecule has 0 aliphatic rings. The highest BCUT2D eigenvalue weighted by atomic mass is 15.1. The SMILES string of the molecule is c1ccc(-c2ccccc2-c2ccccc2-c2ccccc2-c2ccc(N(c3ccc(-c4cccc5ccccc45)cc3)c3cccc(-c4cccc5ccccc45)c3)cc2)cc1. The molecule has 63 heavy (non-hydrogen) atoms. The van der Waals surface area contributed by atoms with Gasteiger partial charge in [0.25, 0.3) is 0 Å². The van der Waals surface area contributed by atoms with Crippen LogP contribution in [0.5, 0.6) is 0 Å². The fraction of sp³-hybridized carbons (Fsp3) is 0. The van der Waals surface area contributed by atoms with Gasteiger partial charge in [-0.3, -0.25) is 0 Å². The Morgan fingerprint density at radius 1 is 0.190 bits per heavy atom. The molecule has 0 saturated heterocycles. The van der Waals surface area contributed by atoms with Crippen molar-refractivity contribution >= 4 is 38.6 Å². The van der Waals surface area contributed by atoms with E-state index in [9.17, 15) is 0 Å². The summed E-state index contributed by atoms with van der Waals surface area (Å²) in [6, 6.07) is 94.6. The maximum atomic E-state index is 2.38. The monoisotopic (exact) mass is 801 g/mol. The van der Waals surface area contributed by atoms with Gasteiger partial charge in [0.15, 0.2) is 0 Å². The highest BCUT2D eigenvalue weighted by Crippen LogP contribution is 2.44. The van der Waals surface area contributed by atoms with E-state index in [1.165, 1.54) is 82.7 Å².